The number of aromatic nitrogens is 2. The first-order chi connectivity index (χ1) is 10.2. The van der Waals surface area contributed by atoms with E-state index < -0.39 is 5.82 Å². The Morgan fingerprint density at radius 2 is 2.14 bits per heavy atom. The van der Waals surface area contributed by atoms with Gasteiger partial charge < -0.3 is 9.80 Å². The van der Waals surface area contributed by atoms with Gasteiger partial charge in [0.25, 0.3) is 5.91 Å². The van der Waals surface area contributed by atoms with Crippen LogP contribution in [0.2, 0.25) is 0 Å². The third-order valence-electron chi connectivity index (χ3n) is 3.42. The van der Waals surface area contributed by atoms with Gasteiger partial charge in [0.1, 0.15) is 5.82 Å². The van der Waals surface area contributed by atoms with E-state index in [1.54, 1.807) is 22.4 Å². The van der Waals surface area contributed by atoms with Crippen molar-refractivity contribution in [3.8, 4) is 0 Å². The molecule has 0 aromatic carbocycles. The minimum atomic E-state index is -0.486. The third kappa shape index (κ3) is 3.18. The number of hydrogen-bond acceptors (Lipinski definition) is 5. The molecule has 0 spiro atoms. The average molecular weight is 306 g/mol. The van der Waals surface area contributed by atoms with Crippen molar-refractivity contribution < 1.29 is 9.18 Å². The van der Waals surface area contributed by atoms with Crippen LogP contribution in [0.25, 0.3) is 0 Å². The Labute approximate surface area is 126 Å². The van der Waals surface area contributed by atoms with Crippen LogP contribution in [0.15, 0.2) is 30.0 Å². The van der Waals surface area contributed by atoms with Gasteiger partial charge >= 0.3 is 0 Å². The Morgan fingerprint density at radius 1 is 1.24 bits per heavy atom. The summed E-state index contributed by atoms with van der Waals surface area (Å²) in [7, 11) is 0. The van der Waals surface area contributed by atoms with E-state index in [0.29, 0.717) is 18.7 Å². The Hall–Kier alpha value is -2.02. The van der Waals surface area contributed by atoms with E-state index in [9.17, 15) is 9.18 Å². The molecular weight excluding hydrogens is 291 g/mol. The summed E-state index contributed by atoms with van der Waals surface area (Å²) in [6.45, 7) is 2.88. The summed E-state index contributed by atoms with van der Waals surface area (Å²) in [5, 5.41) is 2.93. The summed E-state index contributed by atoms with van der Waals surface area (Å²) in [5.74, 6) is -0.650. The quantitative estimate of drug-likeness (QED) is 0.852. The monoisotopic (exact) mass is 306 g/mol. The van der Waals surface area contributed by atoms with E-state index in [1.165, 1.54) is 12.3 Å². The highest BCUT2D eigenvalue weighted by atomic mass is 32.1. The first kappa shape index (κ1) is 13.9. The van der Waals surface area contributed by atoms with E-state index in [2.05, 4.69) is 14.9 Å². The lowest BCUT2D eigenvalue weighted by Crippen LogP contribution is -2.35. The maximum Gasteiger partial charge on any atom is 0.255 e. The van der Waals surface area contributed by atoms with Gasteiger partial charge in [-0.15, -0.1) is 11.3 Å². The van der Waals surface area contributed by atoms with Crippen molar-refractivity contribution in [3.05, 3.63) is 41.4 Å². The van der Waals surface area contributed by atoms with Crippen molar-refractivity contribution in [3.63, 3.8) is 0 Å². The number of nitrogens with zero attached hydrogens (tertiary/aromatic N) is 4. The molecule has 3 rings (SSSR count). The molecule has 1 fully saturated rings. The van der Waals surface area contributed by atoms with Crippen LogP contribution in [0.5, 0.6) is 0 Å². The lowest BCUT2D eigenvalue weighted by Gasteiger charge is -2.21. The lowest BCUT2D eigenvalue weighted by molar-refractivity contribution is 0.0766. The Morgan fingerprint density at radius 3 is 2.90 bits per heavy atom. The number of amides is 1. The van der Waals surface area contributed by atoms with Crippen molar-refractivity contribution in [1.82, 2.24) is 14.9 Å². The predicted molar refractivity (Wildman–Crippen MR) is 79.0 cm³/mol. The van der Waals surface area contributed by atoms with E-state index in [0.717, 1.165) is 30.8 Å². The number of rotatable bonds is 2. The summed E-state index contributed by atoms with van der Waals surface area (Å²) in [4.78, 5) is 24.4. The van der Waals surface area contributed by atoms with Crippen molar-refractivity contribution in [2.24, 2.45) is 0 Å². The summed E-state index contributed by atoms with van der Waals surface area (Å²) < 4.78 is 13.2. The number of anilines is 1. The molecule has 0 N–H and O–H groups in total. The van der Waals surface area contributed by atoms with Crippen LogP contribution >= 0.6 is 11.3 Å². The highest BCUT2D eigenvalue weighted by molar-refractivity contribution is 7.13. The van der Waals surface area contributed by atoms with Crippen LogP contribution in [-0.2, 0) is 0 Å². The van der Waals surface area contributed by atoms with Crippen molar-refractivity contribution in [2.75, 3.05) is 31.1 Å². The van der Waals surface area contributed by atoms with Crippen molar-refractivity contribution >= 4 is 22.4 Å². The zero-order valence-corrected chi connectivity index (χ0v) is 12.2. The predicted octanol–water partition coefficient (Wildman–Crippen LogP) is 2.03. The number of carbonyl (C=O) groups is 1. The van der Waals surface area contributed by atoms with Crippen LogP contribution < -0.4 is 4.90 Å². The van der Waals surface area contributed by atoms with Crippen LogP contribution in [0.3, 0.4) is 0 Å². The average Bonchev–Trinajstić information content (AvgIpc) is 2.91. The minimum Gasteiger partial charge on any atom is -0.346 e. The molecule has 2 aromatic rings. The second-order valence-corrected chi connectivity index (χ2v) is 5.71. The van der Waals surface area contributed by atoms with Gasteiger partial charge in [-0.3, -0.25) is 9.78 Å². The van der Waals surface area contributed by atoms with Gasteiger partial charge in [0.2, 0.25) is 0 Å². The molecule has 1 aliphatic heterocycles. The molecule has 5 nitrogen and oxygen atoms in total. The van der Waals surface area contributed by atoms with Gasteiger partial charge in [0.05, 0.1) is 11.8 Å². The third-order valence-corrected chi connectivity index (χ3v) is 4.26. The van der Waals surface area contributed by atoms with Crippen molar-refractivity contribution in [2.45, 2.75) is 6.42 Å². The molecule has 1 aliphatic rings. The molecule has 0 radical (unpaired) electrons. The van der Waals surface area contributed by atoms with E-state index in [4.69, 9.17) is 0 Å². The summed E-state index contributed by atoms with van der Waals surface area (Å²) >= 11 is 1.60. The summed E-state index contributed by atoms with van der Waals surface area (Å²) in [5.41, 5.74) is 0.303. The molecule has 3 heterocycles. The second kappa shape index (κ2) is 6.17. The topological polar surface area (TPSA) is 49.3 Å². The molecule has 0 aliphatic carbocycles. The standard InChI is InChI=1S/C14H15FN4OS/c15-12-8-11(9-16-10-12)13(20)18-3-1-4-19(6-5-18)14-17-2-7-21-14/h2,7-10H,1,3-6H2. The molecule has 0 unspecified atom stereocenters. The fourth-order valence-corrected chi connectivity index (χ4v) is 3.09. The second-order valence-electron chi connectivity index (χ2n) is 4.84. The van der Waals surface area contributed by atoms with Gasteiger partial charge in [-0.05, 0) is 12.5 Å². The molecule has 0 atom stereocenters. The van der Waals surface area contributed by atoms with Gasteiger partial charge in [-0.1, -0.05) is 0 Å². The normalized spacial score (nSPS) is 15.9. The Balaban J connectivity index is 1.69. The van der Waals surface area contributed by atoms with Crippen molar-refractivity contribution in [1.29, 1.82) is 0 Å². The molecule has 0 saturated carbocycles. The highest BCUT2D eigenvalue weighted by Gasteiger charge is 2.21. The molecule has 2 aromatic heterocycles. The SMILES string of the molecule is O=C(c1cncc(F)c1)N1CCCN(c2nccs2)CC1. The first-order valence-corrected chi connectivity index (χ1v) is 7.66. The largest absolute Gasteiger partial charge is 0.346 e. The van der Waals surface area contributed by atoms with Crippen LogP contribution in [0.1, 0.15) is 16.8 Å². The highest BCUT2D eigenvalue weighted by Crippen LogP contribution is 2.19. The molecule has 1 amide bonds. The maximum absolute atomic E-state index is 13.2. The fraction of sp³-hybridized carbons (Fsp3) is 0.357. The summed E-state index contributed by atoms with van der Waals surface area (Å²) in [6.07, 6.45) is 5.17. The maximum atomic E-state index is 13.2. The van der Waals surface area contributed by atoms with Gasteiger partial charge in [0.15, 0.2) is 5.13 Å². The zero-order chi connectivity index (χ0) is 14.7. The molecule has 0 bridgehead atoms. The Bertz CT molecular complexity index is 619. The smallest absolute Gasteiger partial charge is 0.255 e. The van der Waals surface area contributed by atoms with Gasteiger partial charge in [-0.2, -0.15) is 0 Å². The lowest BCUT2D eigenvalue weighted by atomic mass is 10.2. The van der Waals surface area contributed by atoms with Crippen LogP contribution in [0, 0.1) is 5.82 Å². The number of hydrogen-bond donors (Lipinski definition) is 0. The van der Waals surface area contributed by atoms with E-state index in [-0.39, 0.29) is 5.91 Å². The van der Waals surface area contributed by atoms with Crippen LogP contribution in [-0.4, -0.2) is 47.0 Å². The molecular formula is C14H15FN4OS. The molecule has 110 valence electrons. The molecule has 7 heteroatoms. The number of pyridine rings is 1. The number of carbonyl (C=O) groups excluding carboxylic acids is 1. The fourth-order valence-electron chi connectivity index (χ4n) is 2.40. The number of thiazole rings is 1. The minimum absolute atomic E-state index is 0.164. The molecule has 21 heavy (non-hydrogen) atoms. The molecule has 1 saturated heterocycles. The van der Waals surface area contributed by atoms with E-state index in [1.807, 2.05) is 5.38 Å². The zero-order valence-electron chi connectivity index (χ0n) is 11.4. The Kier molecular flexibility index (Phi) is 4.10. The van der Waals surface area contributed by atoms with Crippen LogP contribution in [0.4, 0.5) is 9.52 Å². The summed E-state index contributed by atoms with van der Waals surface area (Å²) in [6, 6.07) is 1.23. The van der Waals surface area contributed by atoms with Gasteiger partial charge in [0, 0.05) is 44.0 Å². The first-order valence-electron chi connectivity index (χ1n) is 6.78. The van der Waals surface area contributed by atoms with E-state index >= 15 is 0 Å². The van der Waals surface area contributed by atoms with Gasteiger partial charge in [-0.25, -0.2) is 9.37 Å². The number of halogens is 1.